The Bertz CT molecular complexity index is 446. The second-order valence-corrected chi connectivity index (χ2v) is 9.61. The van der Waals surface area contributed by atoms with Crippen LogP contribution in [0.5, 0.6) is 0 Å². The molecule has 2 bridgehead atoms. The second kappa shape index (κ2) is 5.58. The molecule has 2 saturated carbocycles. The van der Waals surface area contributed by atoms with Crippen LogP contribution in [0, 0.1) is 16.7 Å². The zero-order chi connectivity index (χ0) is 15.0. The van der Waals surface area contributed by atoms with Gasteiger partial charge >= 0.3 is 0 Å². The summed E-state index contributed by atoms with van der Waals surface area (Å²) in [5, 5.41) is 3.14. The highest BCUT2D eigenvalue weighted by Crippen LogP contribution is 2.66. The fourth-order valence-corrected chi connectivity index (χ4v) is 4.55. The molecule has 2 aliphatic carbocycles. The monoisotopic (exact) mass is 303 g/mol. The van der Waals surface area contributed by atoms with E-state index in [4.69, 9.17) is 4.74 Å². The molecule has 0 heterocycles. The third kappa shape index (κ3) is 3.04. The summed E-state index contributed by atoms with van der Waals surface area (Å²) in [6.07, 6.45) is 5.44. The van der Waals surface area contributed by atoms with Crippen molar-refractivity contribution in [2.45, 2.75) is 46.1 Å². The van der Waals surface area contributed by atoms with Crippen LogP contribution in [0.2, 0.25) is 0 Å². The Labute approximate surface area is 123 Å². The summed E-state index contributed by atoms with van der Waals surface area (Å²) in [7, 11) is -2.86. The van der Waals surface area contributed by atoms with Crippen LogP contribution in [0.25, 0.3) is 0 Å². The maximum atomic E-state index is 11.0. The summed E-state index contributed by atoms with van der Waals surface area (Å²) in [5.74, 6) is 0.999. The van der Waals surface area contributed by atoms with Crippen molar-refractivity contribution in [2.75, 3.05) is 31.7 Å². The maximum Gasteiger partial charge on any atom is 0.148 e. The highest BCUT2D eigenvalue weighted by molar-refractivity contribution is 7.90. The first-order chi connectivity index (χ1) is 9.17. The van der Waals surface area contributed by atoms with Gasteiger partial charge in [0.1, 0.15) is 9.84 Å². The Morgan fingerprint density at radius 1 is 1.25 bits per heavy atom. The van der Waals surface area contributed by atoms with Crippen LogP contribution in [0.15, 0.2) is 0 Å². The minimum absolute atomic E-state index is 0.198. The van der Waals surface area contributed by atoms with E-state index in [1.54, 1.807) is 0 Å². The molecular weight excluding hydrogens is 274 g/mol. The van der Waals surface area contributed by atoms with E-state index in [0.717, 1.165) is 12.5 Å². The lowest BCUT2D eigenvalue weighted by atomic mass is 9.70. The Hall–Kier alpha value is -0.130. The van der Waals surface area contributed by atoms with Gasteiger partial charge in [0, 0.05) is 19.3 Å². The van der Waals surface area contributed by atoms with E-state index in [2.05, 4.69) is 26.1 Å². The van der Waals surface area contributed by atoms with Gasteiger partial charge in [0.25, 0.3) is 0 Å². The number of hydrogen-bond donors (Lipinski definition) is 1. The van der Waals surface area contributed by atoms with Crippen LogP contribution in [-0.4, -0.2) is 46.2 Å². The zero-order valence-electron chi connectivity index (χ0n) is 13.2. The fourth-order valence-electron chi connectivity index (χ4n) is 4.04. The van der Waals surface area contributed by atoms with E-state index in [1.807, 2.05) is 0 Å². The first-order valence-corrected chi connectivity index (χ1v) is 9.73. The molecule has 0 radical (unpaired) electrons. The molecule has 0 aromatic heterocycles. The predicted octanol–water partition coefficient (Wildman–Crippen LogP) is 1.85. The van der Waals surface area contributed by atoms with E-state index in [-0.39, 0.29) is 5.75 Å². The number of hydrogen-bond acceptors (Lipinski definition) is 4. The van der Waals surface area contributed by atoms with Crippen LogP contribution in [-0.2, 0) is 14.6 Å². The van der Waals surface area contributed by atoms with Crippen LogP contribution >= 0.6 is 0 Å². The van der Waals surface area contributed by atoms with Gasteiger partial charge in [-0.1, -0.05) is 20.8 Å². The first kappa shape index (κ1) is 16.2. The normalized spacial score (nSPS) is 35.6. The molecule has 0 spiro atoms. The van der Waals surface area contributed by atoms with Crippen molar-refractivity contribution >= 4 is 9.84 Å². The molecule has 4 nitrogen and oxygen atoms in total. The molecule has 2 aliphatic rings. The predicted molar refractivity (Wildman–Crippen MR) is 81.5 cm³/mol. The molecule has 0 saturated heterocycles. The molecule has 3 atom stereocenters. The van der Waals surface area contributed by atoms with Gasteiger partial charge < -0.3 is 10.1 Å². The second-order valence-electron chi connectivity index (χ2n) is 7.35. The van der Waals surface area contributed by atoms with Crippen molar-refractivity contribution in [1.29, 1.82) is 0 Å². The van der Waals surface area contributed by atoms with E-state index >= 15 is 0 Å². The van der Waals surface area contributed by atoms with Crippen molar-refractivity contribution in [2.24, 2.45) is 16.7 Å². The largest absolute Gasteiger partial charge is 0.376 e. The molecule has 0 aromatic carbocycles. The summed E-state index contributed by atoms with van der Waals surface area (Å²) in [6.45, 7) is 9.07. The maximum absolute atomic E-state index is 11.0. The van der Waals surface area contributed by atoms with E-state index in [0.29, 0.717) is 30.1 Å². The van der Waals surface area contributed by atoms with Gasteiger partial charge in [0.15, 0.2) is 0 Å². The summed E-state index contributed by atoms with van der Waals surface area (Å²) in [4.78, 5) is 0. The molecule has 5 heteroatoms. The summed E-state index contributed by atoms with van der Waals surface area (Å²) >= 11 is 0. The molecule has 0 aromatic rings. The van der Waals surface area contributed by atoms with Gasteiger partial charge in [-0.2, -0.15) is 0 Å². The SMILES string of the molecule is CC1(C)C2CCC1(C)C(OCCNCCS(C)(=O)=O)C2. The highest BCUT2D eigenvalue weighted by Gasteiger charge is 2.61. The van der Waals surface area contributed by atoms with Gasteiger partial charge in [-0.05, 0) is 36.0 Å². The van der Waals surface area contributed by atoms with Crippen molar-refractivity contribution in [3.63, 3.8) is 0 Å². The summed E-state index contributed by atoms with van der Waals surface area (Å²) < 4.78 is 28.1. The average molecular weight is 303 g/mol. The topological polar surface area (TPSA) is 55.4 Å². The lowest BCUT2D eigenvalue weighted by Crippen LogP contribution is -2.38. The fraction of sp³-hybridized carbons (Fsp3) is 1.00. The smallest absolute Gasteiger partial charge is 0.148 e. The zero-order valence-corrected chi connectivity index (χ0v) is 14.1. The van der Waals surface area contributed by atoms with Gasteiger partial charge in [-0.25, -0.2) is 8.42 Å². The molecule has 1 N–H and O–H groups in total. The number of nitrogens with one attached hydrogen (secondary N) is 1. The number of fused-ring (bicyclic) bond motifs is 2. The first-order valence-electron chi connectivity index (χ1n) is 7.67. The standard InChI is InChI=1S/C15H29NO3S/c1-14(2)12-5-6-15(14,3)13(11-12)19-9-7-16-8-10-20(4,17)18/h12-13,16H,5-11H2,1-4H3. The Kier molecular flexibility index (Phi) is 4.53. The quantitative estimate of drug-likeness (QED) is 0.729. The lowest BCUT2D eigenvalue weighted by Gasteiger charge is -2.38. The molecule has 118 valence electrons. The van der Waals surface area contributed by atoms with E-state index in [9.17, 15) is 8.42 Å². The van der Waals surface area contributed by atoms with Gasteiger partial charge in [0.05, 0.1) is 18.5 Å². The minimum atomic E-state index is -2.86. The average Bonchev–Trinajstić information content (AvgIpc) is 2.65. The van der Waals surface area contributed by atoms with Crippen LogP contribution < -0.4 is 5.32 Å². The van der Waals surface area contributed by atoms with Gasteiger partial charge in [0.2, 0.25) is 0 Å². The van der Waals surface area contributed by atoms with Crippen molar-refractivity contribution in [3.05, 3.63) is 0 Å². The molecule has 2 rings (SSSR count). The minimum Gasteiger partial charge on any atom is -0.376 e. The van der Waals surface area contributed by atoms with E-state index in [1.165, 1.54) is 25.5 Å². The third-order valence-electron chi connectivity index (χ3n) is 5.96. The molecule has 2 fully saturated rings. The van der Waals surface area contributed by atoms with Crippen molar-refractivity contribution < 1.29 is 13.2 Å². The van der Waals surface area contributed by atoms with Gasteiger partial charge in [-0.3, -0.25) is 0 Å². The summed E-state index contributed by atoms with van der Waals surface area (Å²) in [6, 6.07) is 0. The highest BCUT2D eigenvalue weighted by atomic mass is 32.2. The lowest BCUT2D eigenvalue weighted by molar-refractivity contribution is -0.0448. The summed E-state index contributed by atoms with van der Waals surface area (Å²) in [5.41, 5.74) is 0.700. The number of ether oxygens (including phenoxy) is 1. The van der Waals surface area contributed by atoms with E-state index < -0.39 is 9.84 Å². The van der Waals surface area contributed by atoms with Gasteiger partial charge in [-0.15, -0.1) is 0 Å². The van der Waals surface area contributed by atoms with Crippen molar-refractivity contribution in [3.8, 4) is 0 Å². The molecule has 0 amide bonds. The number of rotatable bonds is 7. The number of sulfone groups is 1. The Balaban J connectivity index is 1.69. The molecule has 0 aliphatic heterocycles. The van der Waals surface area contributed by atoms with Crippen LogP contribution in [0.4, 0.5) is 0 Å². The van der Waals surface area contributed by atoms with Crippen LogP contribution in [0.3, 0.4) is 0 Å². The molecular formula is C15H29NO3S. The Morgan fingerprint density at radius 2 is 1.95 bits per heavy atom. The van der Waals surface area contributed by atoms with Crippen molar-refractivity contribution in [1.82, 2.24) is 5.32 Å². The Morgan fingerprint density at radius 3 is 2.45 bits per heavy atom. The molecule has 3 unspecified atom stereocenters. The third-order valence-corrected chi connectivity index (χ3v) is 6.91. The van der Waals surface area contributed by atoms with Crippen LogP contribution in [0.1, 0.15) is 40.0 Å². The molecule has 20 heavy (non-hydrogen) atoms.